The van der Waals surface area contributed by atoms with E-state index in [1.807, 2.05) is 0 Å². The number of esters is 1. The highest BCUT2D eigenvalue weighted by atomic mass is 31.2. The van der Waals surface area contributed by atoms with Gasteiger partial charge in [0.2, 0.25) is 0 Å². The molecule has 0 rings (SSSR count). The summed E-state index contributed by atoms with van der Waals surface area (Å²) in [7, 11) is -4.29. The van der Waals surface area contributed by atoms with E-state index in [2.05, 4.69) is 86.8 Å². The van der Waals surface area contributed by atoms with Gasteiger partial charge in [0.15, 0.2) is 0 Å². The smallest absolute Gasteiger partial charge is 0.457 e. The quantitative estimate of drug-likeness (QED) is 0.0268. The fraction of sp³-hybridized carbons (Fsp3) is 0.764. The van der Waals surface area contributed by atoms with Crippen LogP contribution in [0, 0.1) is 0 Å². The minimum Gasteiger partial charge on any atom is -0.457 e. The van der Waals surface area contributed by atoms with Gasteiger partial charge in [-0.05, 0) is 83.5 Å². The first-order chi connectivity index (χ1) is 31.4. The Morgan fingerprint density at radius 1 is 0.484 bits per heavy atom. The summed E-state index contributed by atoms with van der Waals surface area (Å²) in [5, 5.41) is 0. The van der Waals surface area contributed by atoms with E-state index in [0.29, 0.717) is 13.0 Å². The maximum atomic E-state index is 12.7. The Labute approximate surface area is 395 Å². The van der Waals surface area contributed by atoms with Crippen molar-refractivity contribution in [1.29, 1.82) is 0 Å². The molecule has 0 aliphatic rings. The largest absolute Gasteiger partial charge is 0.472 e. The van der Waals surface area contributed by atoms with E-state index in [1.54, 1.807) is 0 Å². The number of nitrogens with two attached hydrogens (primary N) is 1. The molecule has 0 spiro atoms. The molecule has 0 aromatic carbocycles. The number of rotatable bonds is 50. The monoisotopic (exact) mass is 918 g/mol. The fourth-order valence-electron chi connectivity index (χ4n) is 7.25. The van der Waals surface area contributed by atoms with Crippen molar-refractivity contribution >= 4 is 13.8 Å². The summed E-state index contributed by atoms with van der Waals surface area (Å²) in [4.78, 5) is 22.6. The van der Waals surface area contributed by atoms with E-state index >= 15 is 0 Å². The van der Waals surface area contributed by atoms with E-state index in [4.69, 9.17) is 24.3 Å². The Kier molecular flexibility index (Phi) is 50.2. The third-order valence-corrected chi connectivity index (χ3v) is 12.1. The van der Waals surface area contributed by atoms with Crippen molar-refractivity contribution < 1.29 is 32.8 Å². The standard InChI is InChI=1S/C55H100NO7P/c1-3-5-7-9-11-13-15-17-19-21-23-25-26-27-28-29-30-32-34-36-38-40-42-44-46-48-55(57)63-54(53-62-64(58,59)61-51-49-56)52-60-50-47-45-43-41-39-37-35-33-31-24-22-20-18-16-14-12-10-8-6-4-2/h5,7,11-14,17-20,23,25,54H,3-4,6,8-10,15-16,21-22,24,26-53,56H2,1-2H3,(H,58,59)/b7-5-,13-11-,14-12-,19-17-,20-18-,25-23-. The SMILES string of the molecule is CC/C=C\C/C=C\C/C=C\C/C=C\CCCCCCCCCCCCCCC(=O)OC(COCCCCCCCCCCCC/C=C\C/C=C\CCCCC)COP(=O)(O)OCCN. The average Bonchev–Trinajstić information content (AvgIpc) is 3.29. The van der Waals surface area contributed by atoms with E-state index in [-0.39, 0.29) is 32.3 Å². The van der Waals surface area contributed by atoms with Gasteiger partial charge in [-0.1, -0.05) is 215 Å². The molecule has 372 valence electrons. The van der Waals surface area contributed by atoms with Crippen LogP contribution in [0.25, 0.3) is 0 Å². The maximum Gasteiger partial charge on any atom is 0.472 e. The fourth-order valence-corrected chi connectivity index (χ4v) is 8.02. The van der Waals surface area contributed by atoms with E-state index in [1.165, 1.54) is 148 Å². The van der Waals surface area contributed by atoms with Crippen molar-refractivity contribution in [1.82, 2.24) is 0 Å². The van der Waals surface area contributed by atoms with Crippen LogP contribution >= 0.6 is 7.82 Å². The van der Waals surface area contributed by atoms with E-state index < -0.39 is 13.9 Å². The second kappa shape index (κ2) is 51.9. The van der Waals surface area contributed by atoms with Gasteiger partial charge < -0.3 is 20.1 Å². The summed E-state index contributed by atoms with van der Waals surface area (Å²) in [6.45, 7) is 4.80. The van der Waals surface area contributed by atoms with Gasteiger partial charge in [0, 0.05) is 19.6 Å². The Morgan fingerprint density at radius 2 is 0.875 bits per heavy atom. The highest BCUT2D eigenvalue weighted by Crippen LogP contribution is 2.43. The van der Waals surface area contributed by atoms with Crippen molar-refractivity contribution in [2.45, 2.75) is 238 Å². The minimum atomic E-state index is -4.29. The zero-order valence-electron chi connectivity index (χ0n) is 41.5. The highest BCUT2D eigenvalue weighted by Gasteiger charge is 2.25. The number of allylic oxidation sites excluding steroid dienone is 12. The van der Waals surface area contributed by atoms with Gasteiger partial charge >= 0.3 is 13.8 Å². The van der Waals surface area contributed by atoms with Gasteiger partial charge in [0.25, 0.3) is 0 Å². The van der Waals surface area contributed by atoms with Crippen LogP contribution in [0.15, 0.2) is 72.9 Å². The van der Waals surface area contributed by atoms with Crippen LogP contribution in [-0.4, -0.2) is 49.9 Å². The lowest BCUT2D eigenvalue weighted by atomic mass is 10.0. The number of phosphoric ester groups is 1. The van der Waals surface area contributed by atoms with E-state index in [0.717, 1.165) is 64.2 Å². The van der Waals surface area contributed by atoms with Gasteiger partial charge in [0.1, 0.15) is 6.10 Å². The van der Waals surface area contributed by atoms with Crippen LogP contribution in [0.2, 0.25) is 0 Å². The first-order valence-corrected chi connectivity index (χ1v) is 27.9. The number of hydrogen-bond donors (Lipinski definition) is 2. The van der Waals surface area contributed by atoms with Crippen LogP contribution in [-0.2, 0) is 27.9 Å². The van der Waals surface area contributed by atoms with Gasteiger partial charge in [-0.15, -0.1) is 0 Å². The number of hydrogen-bond acceptors (Lipinski definition) is 7. The zero-order valence-corrected chi connectivity index (χ0v) is 42.4. The predicted octanol–water partition coefficient (Wildman–Crippen LogP) is 16.6. The van der Waals surface area contributed by atoms with Gasteiger partial charge in [-0.2, -0.15) is 0 Å². The number of phosphoric acid groups is 1. The first-order valence-electron chi connectivity index (χ1n) is 26.4. The Morgan fingerprint density at radius 3 is 1.31 bits per heavy atom. The molecule has 0 amide bonds. The molecule has 0 radical (unpaired) electrons. The third-order valence-electron chi connectivity index (χ3n) is 11.1. The Hall–Kier alpha value is -2.06. The molecule has 0 aromatic rings. The van der Waals surface area contributed by atoms with Gasteiger partial charge in [-0.3, -0.25) is 13.8 Å². The first kappa shape index (κ1) is 61.9. The Bertz CT molecular complexity index is 1210. The van der Waals surface area contributed by atoms with Crippen molar-refractivity contribution in [2.24, 2.45) is 5.73 Å². The third kappa shape index (κ3) is 50.9. The van der Waals surface area contributed by atoms with Crippen LogP contribution in [0.1, 0.15) is 232 Å². The number of carbonyl (C=O) groups is 1. The number of carbonyl (C=O) groups excluding carboxylic acids is 1. The van der Waals surface area contributed by atoms with Crippen LogP contribution in [0.4, 0.5) is 0 Å². The topological polar surface area (TPSA) is 117 Å². The second-order valence-electron chi connectivity index (χ2n) is 17.4. The summed E-state index contributed by atoms with van der Waals surface area (Å²) in [5.74, 6) is -0.334. The lowest BCUT2D eigenvalue weighted by Crippen LogP contribution is -2.28. The molecule has 0 bridgehead atoms. The molecule has 2 unspecified atom stereocenters. The minimum absolute atomic E-state index is 0.0972. The van der Waals surface area contributed by atoms with Crippen molar-refractivity contribution in [3.8, 4) is 0 Å². The van der Waals surface area contributed by atoms with Crippen molar-refractivity contribution in [3.63, 3.8) is 0 Å². The van der Waals surface area contributed by atoms with Gasteiger partial charge in [0.05, 0.1) is 19.8 Å². The molecule has 0 saturated carbocycles. The normalized spacial score (nSPS) is 13.9. The lowest BCUT2D eigenvalue weighted by Gasteiger charge is -2.20. The molecule has 9 heteroatoms. The molecule has 0 saturated heterocycles. The summed E-state index contributed by atoms with van der Waals surface area (Å²) in [5.41, 5.74) is 5.39. The maximum absolute atomic E-state index is 12.7. The summed E-state index contributed by atoms with van der Waals surface area (Å²) < 4.78 is 33.6. The van der Waals surface area contributed by atoms with E-state index in [9.17, 15) is 14.3 Å². The van der Waals surface area contributed by atoms with Crippen molar-refractivity contribution in [3.05, 3.63) is 72.9 Å². The average molecular weight is 918 g/mol. The molecule has 64 heavy (non-hydrogen) atoms. The molecular formula is C55H100NO7P. The molecule has 3 N–H and O–H groups in total. The Balaban J connectivity index is 3.93. The summed E-state index contributed by atoms with van der Waals surface area (Å²) in [6.07, 6.45) is 66.5. The summed E-state index contributed by atoms with van der Waals surface area (Å²) in [6, 6.07) is 0. The molecular weight excluding hydrogens is 818 g/mol. The highest BCUT2D eigenvalue weighted by molar-refractivity contribution is 7.47. The van der Waals surface area contributed by atoms with Gasteiger partial charge in [-0.25, -0.2) is 4.57 Å². The molecule has 0 aromatic heterocycles. The lowest BCUT2D eigenvalue weighted by molar-refractivity contribution is -0.154. The second-order valence-corrected chi connectivity index (χ2v) is 18.8. The van der Waals surface area contributed by atoms with Crippen molar-refractivity contribution in [2.75, 3.05) is 33.0 Å². The van der Waals surface area contributed by atoms with Crippen LogP contribution in [0.5, 0.6) is 0 Å². The molecule has 0 heterocycles. The number of ether oxygens (including phenoxy) is 2. The molecule has 0 fully saturated rings. The predicted molar refractivity (Wildman–Crippen MR) is 275 cm³/mol. The molecule has 0 aliphatic heterocycles. The number of unbranched alkanes of at least 4 members (excludes halogenated alkanes) is 25. The molecule has 0 aliphatic carbocycles. The summed E-state index contributed by atoms with van der Waals surface area (Å²) >= 11 is 0. The van der Waals surface area contributed by atoms with Crippen LogP contribution in [0.3, 0.4) is 0 Å². The van der Waals surface area contributed by atoms with Crippen LogP contribution < -0.4 is 5.73 Å². The molecule has 8 nitrogen and oxygen atoms in total. The molecule has 2 atom stereocenters. The zero-order chi connectivity index (χ0) is 46.5.